The number of fused-ring (bicyclic) bond motifs is 1. The highest BCUT2D eigenvalue weighted by molar-refractivity contribution is 7.16. The molecule has 6 heteroatoms. The zero-order chi connectivity index (χ0) is 15.7. The summed E-state index contributed by atoms with van der Waals surface area (Å²) in [7, 11) is 0. The summed E-state index contributed by atoms with van der Waals surface area (Å²) in [6, 6.07) is 2.27. The SMILES string of the molecule is CCn1ncc(C(=O)Nc2sc3c(c2C#N)CCCC3)c1C. The first-order chi connectivity index (χ1) is 10.7. The van der Waals surface area contributed by atoms with Gasteiger partial charge < -0.3 is 5.32 Å². The summed E-state index contributed by atoms with van der Waals surface area (Å²) in [6.45, 7) is 4.61. The third-order valence-corrected chi connectivity index (χ3v) is 5.36. The van der Waals surface area contributed by atoms with Crippen molar-refractivity contribution in [2.45, 2.75) is 46.1 Å². The molecule has 0 aliphatic heterocycles. The van der Waals surface area contributed by atoms with Crippen LogP contribution in [0.15, 0.2) is 6.20 Å². The van der Waals surface area contributed by atoms with Gasteiger partial charge in [0.25, 0.3) is 5.91 Å². The molecule has 0 saturated heterocycles. The van der Waals surface area contributed by atoms with Gasteiger partial charge in [-0.15, -0.1) is 11.3 Å². The van der Waals surface area contributed by atoms with E-state index in [1.54, 1.807) is 22.2 Å². The van der Waals surface area contributed by atoms with Crippen LogP contribution in [0, 0.1) is 18.3 Å². The number of rotatable bonds is 3. The second-order valence-electron chi connectivity index (χ2n) is 5.44. The third kappa shape index (κ3) is 2.42. The van der Waals surface area contributed by atoms with Crippen LogP contribution in [-0.4, -0.2) is 15.7 Å². The van der Waals surface area contributed by atoms with Gasteiger partial charge in [-0.1, -0.05) is 0 Å². The van der Waals surface area contributed by atoms with Crippen molar-refractivity contribution in [3.63, 3.8) is 0 Å². The van der Waals surface area contributed by atoms with Gasteiger partial charge in [-0.3, -0.25) is 9.48 Å². The van der Waals surface area contributed by atoms with Crippen molar-refractivity contribution < 1.29 is 4.79 Å². The third-order valence-electron chi connectivity index (χ3n) is 4.16. The molecule has 5 nitrogen and oxygen atoms in total. The Labute approximate surface area is 133 Å². The van der Waals surface area contributed by atoms with Crippen molar-refractivity contribution in [1.29, 1.82) is 5.26 Å². The summed E-state index contributed by atoms with van der Waals surface area (Å²) in [6.07, 6.45) is 5.82. The van der Waals surface area contributed by atoms with E-state index in [2.05, 4.69) is 16.5 Å². The fourth-order valence-corrected chi connectivity index (χ4v) is 4.17. The minimum absolute atomic E-state index is 0.188. The molecule has 0 spiro atoms. The standard InChI is InChI=1S/C16H18N4OS/c1-3-20-10(2)13(9-18-20)15(21)19-16-12(8-17)11-6-4-5-7-14(11)22-16/h9H,3-7H2,1-2H3,(H,19,21). The van der Waals surface area contributed by atoms with Crippen LogP contribution >= 0.6 is 11.3 Å². The van der Waals surface area contributed by atoms with Gasteiger partial charge in [0.2, 0.25) is 0 Å². The van der Waals surface area contributed by atoms with E-state index in [-0.39, 0.29) is 5.91 Å². The van der Waals surface area contributed by atoms with E-state index in [0.29, 0.717) is 16.1 Å². The molecule has 2 heterocycles. The number of aromatic nitrogens is 2. The summed E-state index contributed by atoms with van der Waals surface area (Å²) < 4.78 is 1.79. The second-order valence-corrected chi connectivity index (χ2v) is 6.55. The van der Waals surface area contributed by atoms with Gasteiger partial charge in [0.05, 0.1) is 17.3 Å². The Morgan fingerprint density at radius 1 is 1.50 bits per heavy atom. The second kappa shape index (κ2) is 5.93. The summed E-state index contributed by atoms with van der Waals surface area (Å²) in [5.74, 6) is -0.188. The molecule has 114 valence electrons. The fraction of sp³-hybridized carbons (Fsp3) is 0.438. The largest absolute Gasteiger partial charge is 0.312 e. The number of hydrogen-bond acceptors (Lipinski definition) is 4. The molecular formula is C16H18N4OS. The molecular weight excluding hydrogens is 296 g/mol. The lowest BCUT2D eigenvalue weighted by Gasteiger charge is -2.09. The maximum absolute atomic E-state index is 12.5. The molecule has 1 aliphatic rings. The maximum atomic E-state index is 12.5. The Balaban J connectivity index is 1.90. The first-order valence-corrected chi connectivity index (χ1v) is 8.35. The molecule has 1 amide bonds. The first-order valence-electron chi connectivity index (χ1n) is 7.54. The molecule has 0 atom stereocenters. The average molecular weight is 314 g/mol. The number of thiophene rings is 1. The Morgan fingerprint density at radius 3 is 2.95 bits per heavy atom. The number of amides is 1. The van der Waals surface area contributed by atoms with Gasteiger partial charge in [-0.2, -0.15) is 10.4 Å². The summed E-state index contributed by atoms with van der Waals surface area (Å²) >= 11 is 1.55. The molecule has 1 N–H and O–H groups in total. The van der Waals surface area contributed by atoms with Crippen LogP contribution < -0.4 is 5.32 Å². The van der Waals surface area contributed by atoms with Gasteiger partial charge in [0.1, 0.15) is 11.1 Å². The highest BCUT2D eigenvalue weighted by Gasteiger charge is 2.23. The highest BCUT2D eigenvalue weighted by Crippen LogP contribution is 2.37. The minimum Gasteiger partial charge on any atom is -0.312 e. The number of nitrogens with one attached hydrogen (secondary N) is 1. The number of nitrogens with zero attached hydrogens (tertiary/aromatic N) is 3. The average Bonchev–Trinajstić information content (AvgIpc) is 3.06. The molecule has 1 aliphatic carbocycles. The fourth-order valence-electron chi connectivity index (χ4n) is 2.93. The van der Waals surface area contributed by atoms with Crippen LogP contribution in [0.1, 0.15) is 51.8 Å². The number of aryl methyl sites for hydroxylation is 2. The molecule has 0 radical (unpaired) electrons. The van der Waals surface area contributed by atoms with Crippen LogP contribution in [0.25, 0.3) is 0 Å². The van der Waals surface area contributed by atoms with Gasteiger partial charge in [0, 0.05) is 17.1 Å². The van der Waals surface area contributed by atoms with Crippen LogP contribution in [0.2, 0.25) is 0 Å². The molecule has 22 heavy (non-hydrogen) atoms. The summed E-state index contributed by atoms with van der Waals surface area (Å²) in [5.41, 5.74) is 3.19. The van der Waals surface area contributed by atoms with Crippen molar-refractivity contribution >= 4 is 22.2 Å². The van der Waals surface area contributed by atoms with E-state index in [0.717, 1.165) is 43.5 Å². The molecule has 0 fully saturated rings. The predicted molar refractivity (Wildman–Crippen MR) is 86.3 cm³/mol. The van der Waals surface area contributed by atoms with Crippen LogP contribution in [-0.2, 0) is 19.4 Å². The minimum atomic E-state index is -0.188. The molecule has 2 aromatic heterocycles. The molecule has 3 rings (SSSR count). The van der Waals surface area contributed by atoms with Crippen LogP contribution in [0.5, 0.6) is 0 Å². The number of hydrogen-bond donors (Lipinski definition) is 1. The van der Waals surface area contributed by atoms with E-state index in [1.165, 1.54) is 4.88 Å². The Kier molecular flexibility index (Phi) is 3.99. The normalized spacial score (nSPS) is 13.5. The van der Waals surface area contributed by atoms with E-state index >= 15 is 0 Å². The predicted octanol–water partition coefficient (Wildman–Crippen LogP) is 3.28. The van der Waals surface area contributed by atoms with Crippen molar-refractivity contribution in [3.05, 3.63) is 33.5 Å². The van der Waals surface area contributed by atoms with Crippen LogP contribution in [0.4, 0.5) is 5.00 Å². The molecule has 0 saturated carbocycles. The topological polar surface area (TPSA) is 70.7 Å². The lowest BCUT2D eigenvalue weighted by atomic mass is 9.96. The van der Waals surface area contributed by atoms with E-state index in [4.69, 9.17) is 0 Å². The van der Waals surface area contributed by atoms with Crippen molar-refractivity contribution in [3.8, 4) is 6.07 Å². The maximum Gasteiger partial charge on any atom is 0.259 e. The van der Waals surface area contributed by atoms with Crippen molar-refractivity contribution in [2.24, 2.45) is 0 Å². The van der Waals surface area contributed by atoms with Gasteiger partial charge in [0.15, 0.2) is 0 Å². The van der Waals surface area contributed by atoms with Gasteiger partial charge in [-0.05, 0) is 45.1 Å². The molecule has 2 aromatic rings. The number of anilines is 1. The highest BCUT2D eigenvalue weighted by atomic mass is 32.1. The molecule has 0 bridgehead atoms. The Morgan fingerprint density at radius 2 is 2.27 bits per heavy atom. The summed E-state index contributed by atoms with van der Waals surface area (Å²) in [5, 5.41) is 17.2. The van der Waals surface area contributed by atoms with Crippen molar-refractivity contribution in [1.82, 2.24) is 9.78 Å². The van der Waals surface area contributed by atoms with Crippen LogP contribution in [0.3, 0.4) is 0 Å². The number of nitriles is 1. The van der Waals surface area contributed by atoms with Crippen molar-refractivity contribution in [2.75, 3.05) is 5.32 Å². The quantitative estimate of drug-likeness (QED) is 0.945. The summed E-state index contributed by atoms with van der Waals surface area (Å²) in [4.78, 5) is 13.7. The first kappa shape index (κ1) is 14.8. The lowest BCUT2D eigenvalue weighted by Crippen LogP contribution is -2.13. The van der Waals surface area contributed by atoms with E-state index in [1.807, 2.05) is 13.8 Å². The van der Waals surface area contributed by atoms with E-state index in [9.17, 15) is 10.1 Å². The monoisotopic (exact) mass is 314 g/mol. The van der Waals surface area contributed by atoms with Gasteiger partial charge >= 0.3 is 0 Å². The Bertz CT molecular complexity index is 766. The molecule has 0 unspecified atom stereocenters. The zero-order valence-electron chi connectivity index (χ0n) is 12.8. The zero-order valence-corrected chi connectivity index (χ0v) is 13.6. The lowest BCUT2D eigenvalue weighted by molar-refractivity contribution is 0.102. The Hall–Kier alpha value is -2.13. The number of carbonyl (C=O) groups is 1. The number of carbonyl (C=O) groups excluding carboxylic acids is 1. The van der Waals surface area contributed by atoms with Gasteiger partial charge in [-0.25, -0.2) is 0 Å². The molecule has 0 aromatic carbocycles. The van der Waals surface area contributed by atoms with E-state index < -0.39 is 0 Å². The smallest absolute Gasteiger partial charge is 0.259 e.